The Hall–Kier alpha value is -3.60. The van der Waals surface area contributed by atoms with Gasteiger partial charge in [-0.15, -0.1) is 0 Å². The molecule has 0 atom stereocenters. The summed E-state index contributed by atoms with van der Waals surface area (Å²) in [5.41, 5.74) is -0.499. The number of hydrogen-bond donors (Lipinski definition) is 2. The van der Waals surface area contributed by atoms with Crippen molar-refractivity contribution in [1.29, 1.82) is 0 Å². The lowest BCUT2D eigenvalue weighted by Crippen LogP contribution is -2.31. The monoisotopic (exact) mass is 437 g/mol. The van der Waals surface area contributed by atoms with Crippen LogP contribution >= 0.6 is 0 Å². The SMILES string of the molecule is COC(=O)C1=C(Nc2ccc(Oc3cccc(C(F)(F)F)n3)cc2)C(=O)N(CCO)C1. The molecule has 1 aromatic carbocycles. The number of hydrogen-bond acceptors (Lipinski definition) is 7. The lowest BCUT2D eigenvalue weighted by molar-refractivity contribution is -0.141. The fraction of sp³-hybridized carbons (Fsp3) is 0.250. The second kappa shape index (κ2) is 9.04. The van der Waals surface area contributed by atoms with Gasteiger partial charge in [-0.25, -0.2) is 9.78 Å². The number of rotatable bonds is 7. The van der Waals surface area contributed by atoms with Gasteiger partial charge in [0.25, 0.3) is 5.91 Å². The number of aliphatic hydroxyl groups excluding tert-OH is 1. The molecule has 1 aliphatic heterocycles. The highest BCUT2D eigenvalue weighted by atomic mass is 19.4. The number of benzene rings is 1. The first-order valence-corrected chi connectivity index (χ1v) is 9.03. The number of halogens is 3. The van der Waals surface area contributed by atoms with Crippen molar-refractivity contribution in [2.45, 2.75) is 6.18 Å². The number of anilines is 1. The number of methoxy groups -OCH3 is 1. The molecule has 0 aliphatic carbocycles. The van der Waals surface area contributed by atoms with Crippen molar-refractivity contribution in [2.75, 3.05) is 32.1 Å². The third-order valence-electron chi connectivity index (χ3n) is 4.31. The number of nitrogens with zero attached hydrogens (tertiary/aromatic N) is 2. The second-order valence-electron chi connectivity index (χ2n) is 6.41. The normalized spacial score (nSPS) is 14.1. The molecule has 0 fully saturated rings. The van der Waals surface area contributed by atoms with Gasteiger partial charge in [0.1, 0.15) is 17.1 Å². The van der Waals surface area contributed by atoms with Crippen molar-refractivity contribution in [3.05, 3.63) is 59.4 Å². The van der Waals surface area contributed by atoms with E-state index in [4.69, 9.17) is 14.6 Å². The fourth-order valence-electron chi connectivity index (χ4n) is 2.85. The van der Waals surface area contributed by atoms with Crippen LogP contribution in [0.5, 0.6) is 11.6 Å². The van der Waals surface area contributed by atoms with E-state index in [1.807, 2.05) is 0 Å². The van der Waals surface area contributed by atoms with Crippen molar-refractivity contribution in [2.24, 2.45) is 0 Å². The van der Waals surface area contributed by atoms with Gasteiger partial charge < -0.3 is 24.8 Å². The van der Waals surface area contributed by atoms with Crippen LogP contribution in [0.1, 0.15) is 5.69 Å². The topological polar surface area (TPSA) is 101 Å². The minimum atomic E-state index is -4.59. The number of β-amino-alcohol motifs (C(OH)–C–C–N with tert-alkyl or cyclic N) is 1. The summed E-state index contributed by atoms with van der Waals surface area (Å²) in [7, 11) is 1.19. The molecule has 2 aromatic rings. The number of aromatic nitrogens is 1. The van der Waals surface area contributed by atoms with Crippen LogP contribution in [0.15, 0.2) is 53.7 Å². The maximum atomic E-state index is 12.8. The van der Waals surface area contributed by atoms with Crippen molar-refractivity contribution in [3.63, 3.8) is 0 Å². The number of aliphatic hydroxyl groups is 1. The van der Waals surface area contributed by atoms with Crippen LogP contribution in [0.3, 0.4) is 0 Å². The van der Waals surface area contributed by atoms with Gasteiger partial charge in [0.2, 0.25) is 5.88 Å². The third-order valence-corrected chi connectivity index (χ3v) is 4.31. The van der Waals surface area contributed by atoms with Crippen LogP contribution < -0.4 is 10.1 Å². The molecule has 0 spiro atoms. The first-order valence-electron chi connectivity index (χ1n) is 9.03. The van der Waals surface area contributed by atoms with E-state index in [1.165, 1.54) is 48.4 Å². The van der Waals surface area contributed by atoms with Crippen LogP contribution in [-0.2, 0) is 20.5 Å². The highest BCUT2D eigenvalue weighted by Gasteiger charge is 2.34. The third kappa shape index (κ3) is 5.12. The first-order chi connectivity index (χ1) is 14.7. The van der Waals surface area contributed by atoms with Crippen LogP contribution in [0.4, 0.5) is 18.9 Å². The van der Waals surface area contributed by atoms with Crippen molar-refractivity contribution < 1.29 is 37.3 Å². The Labute approximate surface area is 174 Å². The molecule has 0 saturated carbocycles. The molecule has 2 heterocycles. The zero-order valence-corrected chi connectivity index (χ0v) is 16.3. The highest BCUT2D eigenvalue weighted by Crippen LogP contribution is 2.30. The Morgan fingerprint density at radius 2 is 1.94 bits per heavy atom. The summed E-state index contributed by atoms with van der Waals surface area (Å²) in [6, 6.07) is 9.29. The average Bonchev–Trinajstić information content (AvgIpc) is 3.04. The maximum Gasteiger partial charge on any atom is 0.433 e. The molecule has 1 aliphatic rings. The van der Waals surface area contributed by atoms with Crippen molar-refractivity contribution in [1.82, 2.24) is 9.88 Å². The minimum absolute atomic E-state index is 0.00316. The summed E-state index contributed by atoms with van der Waals surface area (Å²) < 4.78 is 48.4. The van der Waals surface area contributed by atoms with Gasteiger partial charge in [-0.3, -0.25) is 4.79 Å². The maximum absolute atomic E-state index is 12.8. The predicted molar refractivity (Wildman–Crippen MR) is 102 cm³/mol. The average molecular weight is 437 g/mol. The number of ether oxygens (including phenoxy) is 2. The summed E-state index contributed by atoms with van der Waals surface area (Å²) in [5, 5.41) is 11.9. The molecule has 164 valence electrons. The fourth-order valence-corrected chi connectivity index (χ4v) is 2.85. The van der Waals surface area contributed by atoms with E-state index in [0.717, 1.165) is 6.07 Å². The Bertz CT molecular complexity index is 1010. The molecular weight excluding hydrogens is 419 g/mol. The summed E-state index contributed by atoms with van der Waals surface area (Å²) in [6.07, 6.45) is -4.59. The van der Waals surface area contributed by atoms with Crippen LogP contribution in [0, 0.1) is 0 Å². The first kappa shape index (κ1) is 22.1. The number of pyridine rings is 1. The van der Waals surface area contributed by atoms with E-state index in [9.17, 15) is 22.8 Å². The van der Waals surface area contributed by atoms with E-state index in [1.54, 1.807) is 0 Å². The number of carbonyl (C=O) groups excluding carboxylic acids is 2. The molecule has 8 nitrogen and oxygen atoms in total. The lowest BCUT2D eigenvalue weighted by Gasteiger charge is -2.15. The zero-order chi connectivity index (χ0) is 22.6. The van der Waals surface area contributed by atoms with E-state index < -0.39 is 23.7 Å². The van der Waals surface area contributed by atoms with Gasteiger partial charge in [0.15, 0.2) is 0 Å². The van der Waals surface area contributed by atoms with Gasteiger partial charge in [0.05, 0.1) is 25.8 Å². The second-order valence-corrected chi connectivity index (χ2v) is 6.41. The van der Waals surface area contributed by atoms with E-state index in [-0.39, 0.29) is 42.6 Å². The Balaban J connectivity index is 1.75. The van der Waals surface area contributed by atoms with Crippen molar-refractivity contribution >= 4 is 17.6 Å². The molecule has 1 aromatic heterocycles. The van der Waals surface area contributed by atoms with Gasteiger partial charge in [-0.1, -0.05) is 6.07 Å². The summed E-state index contributed by atoms with van der Waals surface area (Å²) in [6.45, 7) is -0.207. The quantitative estimate of drug-likeness (QED) is 0.642. The molecule has 0 radical (unpaired) electrons. The molecule has 3 rings (SSSR count). The van der Waals surface area contributed by atoms with E-state index >= 15 is 0 Å². The highest BCUT2D eigenvalue weighted by molar-refractivity contribution is 6.08. The smallest absolute Gasteiger partial charge is 0.433 e. The molecule has 11 heteroatoms. The molecular formula is C20H18F3N3O5. The minimum Gasteiger partial charge on any atom is -0.466 e. The number of carbonyl (C=O) groups is 2. The van der Waals surface area contributed by atoms with Crippen LogP contribution in [0.25, 0.3) is 0 Å². The molecule has 0 bridgehead atoms. The lowest BCUT2D eigenvalue weighted by atomic mass is 10.2. The number of esters is 1. The Morgan fingerprint density at radius 1 is 1.23 bits per heavy atom. The largest absolute Gasteiger partial charge is 0.466 e. The van der Waals surface area contributed by atoms with E-state index in [2.05, 4.69) is 10.3 Å². The Morgan fingerprint density at radius 3 is 2.55 bits per heavy atom. The number of alkyl halides is 3. The van der Waals surface area contributed by atoms with E-state index in [0.29, 0.717) is 5.69 Å². The Kier molecular flexibility index (Phi) is 6.44. The molecule has 0 unspecified atom stereocenters. The van der Waals surface area contributed by atoms with Gasteiger partial charge in [0, 0.05) is 18.3 Å². The molecule has 1 amide bonds. The summed E-state index contributed by atoms with van der Waals surface area (Å²) in [4.78, 5) is 29.2. The van der Waals surface area contributed by atoms with Gasteiger partial charge in [-0.2, -0.15) is 13.2 Å². The summed E-state index contributed by atoms with van der Waals surface area (Å²) >= 11 is 0. The van der Waals surface area contributed by atoms with Crippen LogP contribution in [0.2, 0.25) is 0 Å². The molecule has 31 heavy (non-hydrogen) atoms. The summed E-state index contributed by atoms with van der Waals surface area (Å²) in [5.74, 6) is -1.15. The predicted octanol–water partition coefficient (Wildman–Crippen LogP) is 2.57. The van der Waals surface area contributed by atoms with Gasteiger partial charge in [-0.05, 0) is 30.3 Å². The zero-order valence-electron chi connectivity index (χ0n) is 16.3. The van der Waals surface area contributed by atoms with Gasteiger partial charge >= 0.3 is 12.1 Å². The number of nitrogens with one attached hydrogen (secondary N) is 1. The van der Waals surface area contributed by atoms with Crippen molar-refractivity contribution in [3.8, 4) is 11.6 Å². The molecule has 2 N–H and O–H groups in total. The number of amides is 1. The van der Waals surface area contributed by atoms with Crippen LogP contribution in [-0.4, -0.2) is 53.7 Å². The standard InChI is InChI=1S/C20H18F3N3O5/c1-30-19(29)14-11-26(9-10-27)18(28)17(14)24-12-5-7-13(8-6-12)31-16-4-2-3-15(25-16)20(21,22)23/h2-8,24,27H,9-11H2,1H3. The molecule has 0 saturated heterocycles.